The number of nitrogens with zero attached hydrogens (tertiary/aromatic N) is 2. The van der Waals surface area contributed by atoms with E-state index < -0.39 is 10.3 Å². The third-order valence-corrected chi connectivity index (χ3v) is 2.31. The van der Waals surface area contributed by atoms with Crippen molar-refractivity contribution in [2.45, 2.75) is 0 Å². The van der Waals surface area contributed by atoms with E-state index in [1.165, 1.54) is 0 Å². The minimum Gasteiger partial charge on any atom is -0.276 e. The molecule has 66 valence electrons. The van der Waals surface area contributed by atoms with Gasteiger partial charge in [0.05, 0.1) is 17.3 Å². The summed E-state index contributed by atoms with van der Waals surface area (Å²) in [5, 5.41) is 1.37. The normalized spacial score (nSPS) is 14.0. The van der Waals surface area contributed by atoms with E-state index in [0.29, 0.717) is 5.36 Å². The lowest BCUT2D eigenvalue weighted by Gasteiger charge is -1.97. The average molecular weight is 194 g/mol. The van der Waals surface area contributed by atoms with E-state index in [2.05, 4.69) is 9.98 Å². The molecule has 4 nitrogen and oxygen atoms in total. The van der Waals surface area contributed by atoms with Gasteiger partial charge in [0.1, 0.15) is 0 Å². The van der Waals surface area contributed by atoms with Gasteiger partial charge in [0.25, 0.3) is 0 Å². The molecular formula is C8H6N2O2S. The first-order valence-corrected chi connectivity index (χ1v) is 4.78. The summed E-state index contributed by atoms with van der Waals surface area (Å²) in [5.41, 5.74) is 0. The molecule has 1 heterocycles. The molecule has 0 spiro atoms. The van der Waals surface area contributed by atoms with Gasteiger partial charge >= 0.3 is 0 Å². The lowest BCUT2D eigenvalue weighted by atomic mass is 10.3. The zero-order valence-electron chi connectivity index (χ0n) is 6.64. The van der Waals surface area contributed by atoms with Crippen molar-refractivity contribution in [2.24, 2.45) is 9.98 Å². The van der Waals surface area contributed by atoms with Gasteiger partial charge in [-0.3, -0.25) is 4.99 Å². The molecule has 0 aliphatic carbocycles. The maximum Gasteiger partial charge on any atom is 0.237 e. The Morgan fingerprint density at radius 3 is 2.54 bits per heavy atom. The van der Waals surface area contributed by atoms with Crippen LogP contribution in [0.3, 0.4) is 0 Å². The summed E-state index contributed by atoms with van der Waals surface area (Å²) < 4.78 is 21.1. The quantitative estimate of drug-likeness (QED) is 0.495. The van der Waals surface area contributed by atoms with Crippen LogP contribution in [-0.2, 0) is 10.3 Å². The molecule has 0 amide bonds. The molecule has 0 saturated carbocycles. The number of hydrogen-bond acceptors (Lipinski definition) is 3. The highest BCUT2D eigenvalue weighted by molar-refractivity contribution is 7.73. The lowest BCUT2D eigenvalue weighted by molar-refractivity contribution is 0.626. The summed E-state index contributed by atoms with van der Waals surface area (Å²) in [6.45, 7) is 0.146. The summed E-state index contributed by atoms with van der Waals surface area (Å²) in [4.78, 5) is 8.12. The minimum absolute atomic E-state index is 0.0960. The van der Waals surface area contributed by atoms with Crippen molar-refractivity contribution >= 4 is 15.3 Å². The zero-order chi connectivity index (χ0) is 9.26. The third kappa shape index (κ3) is 1.50. The Morgan fingerprint density at radius 1 is 1.15 bits per heavy atom. The van der Waals surface area contributed by atoms with E-state index in [9.17, 15) is 8.42 Å². The van der Waals surface area contributed by atoms with Gasteiger partial charge in [0, 0.05) is 0 Å². The second-order valence-electron chi connectivity index (χ2n) is 2.55. The molecule has 0 bridgehead atoms. The van der Waals surface area contributed by atoms with E-state index in [1.54, 1.807) is 12.1 Å². The fraction of sp³-hybridized carbons (Fsp3) is 0.125. The fourth-order valence-corrected chi connectivity index (χ4v) is 1.45. The van der Waals surface area contributed by atoms with Crippen LogP contribution in [0.2, 0.25) is 0 Å². The Labute approximate surface area is 75.8 Å². The molecule has 0 fully saturated rings. The monoisotopic (exact) mass is 194 g/mol. The first kappa shape index (κ1) is 8.12. The Balaban J connectivity index is 2.84. The highest BCUT2D eigenvalue weighted by atomic mass is 32.2. The van der Waals surface area contributed by atoms with Crippen molar-refractivity contribution in [3.8, 4) is 0 Å². The van der Waals surface area contributed by atoms with Crippen LogP contribution >= 0.6 is 0 Å². The maximum atomic E-state index is 10.6. The smallest absolute Gasteiger partial charge is 0.237 e. The Bertz CT molecular complexity index is 579. The van der Waals surface area contributed by atoms with Crippen molar-refractivity contribution in [3.05, 3.63) is 35.0 Å². The van der Waals surface area contributed by atoms with Crippen LogP contribution in [0.5, 0.6) is 0 Å². The van der Waals surface area contributed by atoms with Gasteiger partial charge < -0.3 is 0 Å². The zero-order valence-corrected chi connectivity index (χ0v) is 7.45. The van der Waals surface area contributed by atoms with Crippen molar-refractivity contribution in [1.29, 1.82) is 0 Å². The van der Waals surface area contributed by atoms with E-state index >= 15 is 0 Å². The second kappa shape index (κ2) is 3.10. The Morgan fingerprint density at radius 2 is 1.85 bits per heavy atom. The summed E-state index contributed by atoms with van der Waals surface area (Å²) >= 11 is 0. The average Bonchev–Trinajstić information content (AvgIpc) is 2.17. The number of fused-ring (bicyclic) bond motifs is 1. The lowest BCUT2D eigenvalue weighted by Crippen LogP contribution is -2.31. The number of benzene rings is 1. The maximum absolute atomic E-state index is 10.6. The number of hydrogen-bond donors (Lipinski definition) is 0. The molecule has 1 aromatic carbocycles. The van der Waals surface area contributed by atoms with Crippen LogP contribution in [-0.4, -0.2) is 20.0 Å². The van der Waals surface area contributed by atoms with E-state index in [1.807, 2.05) is 12.1 Å². The van der Waals surface area contributed by atoms with E-state index in [0.717, 1.165) is 5.36 Å². The molecule has 0 atom stereocenters. The summed E-state index contributed by atoms with van der Waals surface area (Å²) in [6.07, 6.45) is 0. The van der Waals surface area contributed by atoms with Crippen LogP contribution in [0.15, 0.2) is 34.3 Å². The Kier molecular flexibility index (Phi) is 1.94. The molecule has 1 aliphatic rings. The molecule has 0 unspecified atom stereocenters. The summed E-state index contributed by atoms with van der Waals surface area (Å²) in [6, 6.07) is 7.19. The summed E-state index contributed by atoms with van der Waals surface area (Å²) in [5.74, 6) is 0. The summed E-state index contributed by atoms with van der Waals surface area (Å²) in [7, 11) is -2.25. The fourth-order valence-electron chi connectivity index (χ4n) is 1.10. The largest absolute Gasteiger partial charge is 0.276 e. The predicted octanol–water partition coefficient (Wildman–Crippen LogP) is -1.05. The topological polar surface area (TPSA) is 58.9 Å². The molecule has 1 aromatic rings. The van der Waals surface area contributed by atoms with Crippen LogP contribution < -0.4 is 10.7 Å². The molecule has 2 rings (SSSR count). The van der Waals surface area contributed by atoms with Crippen LogP contribution in [0, 0.1) is 0 Å². The molecule has 0 N–H and O–H groups in total. The molecule has 1 aliphatic heterocycles. The van der Waals surface area contributed by atoms with Gasteiger partial charge in [-0.05, 0) is 12.1 Å². The van der Waals surface area contributed by atoms with Gasteiger partial charge in [-0.15, -0.1) is 0 Å². The van der Waals surface area contributed by atoms with Crippen molar-refractivity contribution in [1.82, 2.24) is 0 Å². The molecule has 0 radical (unpaired) electrons. The predicted molar refractivity (Wildman–Crippen MR) is 47.5 cm³/mol. The molecular weight excluding hydrogens is 188 g/mol. The number of rotatable bonds is 0. The second-order valence-corrected chi connectivity index (χ2v) is 3.49. The van der Waals surface area contributed by atoms with Gasteiger partial charge in [-0.1, -0.05) is 12.1 Å². The number of para-hydroxylation sites is 2. The van der Waals surface area contributed by atoms with Crippen molar-refractivity contribution in [3.63, 3.8) is 0 Å². The highest BCUT2D eigenvalue weighted by Crippen LogP contribution is 1.83. The van der Waals surface area contributed by atoms with Crippen LogP contribution in [0.4, 0.5) is 0 Å². The Hall–Kier alpha value is -1.49. The van der Waals surface area contributed by atoms with E-state index in [-0.39, 0.29) is 11.5 Å². The molecule has 0 saturated heterocycles. The SMILES string of the molecule is O=S(=O)=C1CN=c2ccccc2=N1. The van der Waals surface area contributed by atoms with Gasteiger partial charge in [-0.25, -0.2) is 4.99 Å². The van der Waals surface area contributed by atoms with Gasteiger partial charge in [0.15, 0.2) is 4.99 Å². The van der Waals surface area contributed by atoms with Gasteiger partial charge in [0.2, 0.25) is 10.3 Å². The van der Waals surface area contributed by atoms with Crippen LogP contribution in [0.1, 0.15) is 0 Å². The van der Waals surface area contributed by atoms with Gasteiger partial charge in [-0.2, -0.15) is 8.42 Å². The molecule has 13 heavy (non-hydrogen) atoms. The highest BCUT2D eigenvalue weighted by Gasteiger charge is 2.02. The molecule has 5 heteroatoms. The van der Waals surface area contributed by atoms with Crippen molar-refractivity contribution < 1.29 is 8.42 Å². The standard InChI is InChI=1S/C8H6N2O2S/c11-13(12)8-5-9-6-3-1-2-4-7(6)10-8/h1-4H,5H2. The van der Waals surface area contributed by atoms with Crippen LogP contribution in [0.25, 0.3) is 0 Å². The van der Waals surface area contributed by atoms with Crippen molar-refractivity contribution in [2.75, 3.05) is 6.54 Å². The first-order valence-electron chi connectivity index (χ1n) is 3.71. The molecule has 0 aromatic heterocycles. The first-order chi connectivity index (χ1) is 6.27. The third-order valence-electron chi connectivity index (χ3n) is 1.70. The van der Waals surface area contributed by atoms with E-state index in [4.69, 9.17) is 0 Å². The minimum atomic E-state index is -2.25.